The monoisotopic (exact) mass is 345 g/mol. The summed E-state index contributed by atoms with van der Waals surface area (Å²) in [6.07, 6.45) is 0. The number of rotatable bonds is 6. The molecule has 0 aliphatic heterocycles. The molecule has 2 aromatic rings. The summed E-state index contributed by atoms with van der Waals surface area (Å²) in [4.78, 5) is 1.11. The van der Waals surface area contributed by atoms with Crippen molar-refractivity contribution in [3.05, 3.63) is 44.1 Å². The molecule has 114 valence electrons. The van der Waals surface area contributed by atoms with Crippen molar-refractivity contribution in [2.45, 2.75) is 13.0 Å². The Morgan fingerprint density at radius 2 is 1.81 bits per heavy atom. The van der Waals surface area contributed by atoms with Gasteiger partial charge in [-0.1, -0.05) is 30.1 Å². The fraction of sp³-hybridized carbons (Fsp3) is 0.333. The lowest BCUT2D eigenvalue weighted by Gasteiger charge is -2.20. The molecule has 6 heteroatoms. The van der Waals surface area contributed by atoms with Crippen LogP contribution in [0.15, 0.2) is 24.3 Å². The summed E-state index contributed by atoms with van der Waals surface area (Å²) in [7, 11) is 3.20. The minimum Gasteiger partial charge on any atom is -0.493 e. The smallest absolute Gasteiger partial charge is 0.162 e. The number of hydrogen-bond acceptors (Lipinski definition) is 4. The van der Waals surface area contributed by atoms with E-state index < -0.39 is 0 Å². The molecule has 0 bridgehead atoms. The van der Waals surface area contributed by atoms with E-state index in [4.69, 9.17) is 32.7 Å². The van der Waals surface area contributed by atoms with E-state index in [0.717, 1.165) is 21.3 Å². The van der Waals surface area contributed by atoms with E-state index in [1.165, 1.54) is 11.3 Å². The Morgan fingerprint density at radius 3 is 2.33 bits per heavy atom. The van der Waals surface area contributed by atoms with Crippen molar-refractivity contribution in [2.24, 2.45) is 0 Å². The molecular weight excluding hydrogens is 329 g/mol. The minimum absolute atomic E-state index is 0.0280. The minimum atomic E-state index is -0.0280. The molecule has 0 radical (unpaired) electrons. The third-order valence-electron chi connectivity index (χ3n) is 3.10. The third kappa shape index (κ3) is 3.64. The standard InChI is InChI=1S/C15H17Cl2NO2S/c1-4-18-15(13-5-6-14(17)21-13)9-7-11(19-2)12(20-3)8-10(9)16/h5-8,15,18H,4H2,1-3H3. The molecule has 0 aliphatic rings. The Labute approximate surface area is 138 Å². The number of ether oxygens (including phenoxy) is 2. The lowest BCUT2D eigenvalue weighted by molar-refractivity contribution is 0.354. The summed E-state index contributed by atoms with van der Waals surface area (Å²) in [5.74, 6) is 1.27. The van der Waals surface area contributed by atoms with Crippen molar-refractivity contribution in [3.63, 3.8) is 0 Å². The van der Waals surface area contributed by atoms with Gasteiger partial charge in [0, 0.05) is 16.0 Å². The van der Waals surface area contributed by atoms with Crippen LogP contribution in [-0.2, 0) is 0 Å². The molecule has 0 saturated carbocycles. The van der Waals surface area contributed by atoms with Gasteiger partial charge in [-0.05, 0) is 30.3 Å². The average Bonchev–Trinajstić information content (AvgIpc) is 2.91. The third-order valence-corrected chi connectivity index (χ3v) is 4.72. The van der Waals surface area contributed by atoms with E-state index in [2.05, 4.69) is 12.2 Å². The molecule has 1 N–H and O–H groups in total. The molecule has 1 unspecified atom stereocenters. The van der Waals surface area contributed by atoms with Crippen LogP contribution in [0.1, 0.15) is 23.4 Å². The zero-order chi connectivity index (χ0) is 15.4. The van der Waals surface area contributed by atoms with Gasteiger partial charge in [0.2, 0.25) is 0 Å². The summed E-state index contributed by atoms with van der Waals surface area (Å²) in [5, 5.41) is 4.06. The van der Waals surface area contributed by atoms with Gasteiger partial charge >= 0.3 is 0 Å². The summed E-state index contributed by atoms with van der Waals surface area (Å²) in [6, 6.07) is 7.55. The van der Waals surface area contributed by atoms with Crippen LogP contribution >= 0.6 is 34.5 Å². The van der Waals surface area contributed by atoms with Gasteiger partial charge in [-0.2, -0.15) is 0 Å². The average molecular weight is 346 g/mol. The number of halogens is 2. The van der Waals surface area contributed by atoms with Crippen LogP contribution in [0, 0.1) is 0 Å². The van der Waals surface area contributed by atoms with Gasteiger partial charge in [0.15, 0.2) is 11.5 Å². The topological polar surface area (TPSA) is 30.5 Å². The number of nitrogens with one attached hydrogen (secondary N) is 1. The number of hydrogen-bond donors (Lipinski definition) is 1. The highest BCUT2D eigenvalue weighted by Gasteiger charge is 2.20. The fourth-order valence-electron chi connectivity index (χ4n) is 2.14. The molecule has 1 heterocycles. The van der Waals surface area contributed by atoms with E-state index in [9.17, 15) is 0 Å². The van der Waals surface area contributed by atoms with E-state index >= 15 is 0 Å². The second-order valence-electron chi connectivity index (χ2n) is 4.36. The first-order chi connectivity index (χ1) is 10.1. The Morgan fingerprint density at radius 1 is 1.14 bits per heavy atom. The van der Waals surface area contributed by atoms with Crippen molar-refractivity contribution in [2.75, 3.05) is 20.8 Å². The van der Waals surface area contributed by atoms with Crippen molar-refractivity contribution >= 4 is 34.5 Å². The molecular formula is C15H17Cl2NO2S. The molecule has 0 aliphatic carbocycles. The molecule has 3 nitrogen and oxygen atoms in total. The van der Waals surface area contributed by atoms with E-state index in [1.807, 2.05) is 18.2 Å². The predicted octanol–water partition coefficient (Wildman–Crippen LogP) is 4.77. The van der Waals surface area contributed by atoms with E-state index in [-0.39, 0.29) is 6.04 Å². The highest BCUT2D eigenvalue weighted by Crippen LogP contribution is 2.39. The first-order valence-electron chi connectivity index (χ1n) is 6.50. The first kappa shape index (κ1) is 16.4. The highest BCUT2D eigenvalue weighted by molar-refractivity contribution is 7.16. The zero-order valence-electron chi connectivity index (χ0n) is 12.1. The number of benzene rings is 1. The molecule has 1 aromatic carbocycles. The lowest BCUT2D eigenvalue weighted by Crippen LogP contribution is -2.21. The van der Waals surface area contributed by atoms with Gasteiger partial charge in [-0.3, -0.25) is 0 Å². The summed E-state index contributed by atoms with van der Waals surface area (Å²) in [6.45, 7) is 2.86. The Balaban J connectivity index is 2.49. The van der Waals surface area contributed by atoms with Crippen LogP contribution in [-0.4, -0.2) is 20.8 Å². The van der Waals surface area contributed by atoms with Gasteiger partial charge in [-0.25, -0.2) is 0 Å². The molecule has 0 spiro atoms. The van der Waals surface area contributed by atoms with Crippen LogP contribution in [0.3, 0.4) is 0 Å². The Hall–Kier alpha value is -0.940. The van der Waals surface area contributed by atoms with Crippen LogP contribution in [0.4, 0.5) is 0 Å². The SMILES string of the molecule is CCNC(c1ccc(Cl)s1)c1cc(OC)c(OC)cc1Cl. The van der Waals surface area contributed by atoms with Crippen LogP contribution in [0.2, 0.25) is 9.36 Å². The second-order valence-corrected chi connectivity index (χ2v) is 6.52. The summed E-state index contributed by atoms with van der Waals surface area (Å²) >= 11 is 14.0. The number of thiophene rings is 1. The van der Waals surface area contributed by atoms with Crippen LogP contribution < -0.4 is 14.8 Å². The second kappa shape index (κ2) is 7.36. The molecule has 0 amide bonds. The Bertz CT molecular complexity index is 616. The van der Waals surface area contributed by atoms with Crippen molar-refractivity contribution in [3.8, 4) is 11.5 Å². The van der Waals surface area contributed by atoms with Crippen LogP contribution in [0.5, 0.6) is 11.5 Å². The van der Waals surface area contributed by atoms with Gasteiger partial charge in [-0.15, -0.1) is 11.3 Å². The maximum Gasteiger partial charge on any atom is 0.162 e. The van der Waals surface area contributed by atoms with Crippen molar-refractivity contribution < 1.29 is 9.47 Å². The molecule has 1 atom stereocenters. The number of methoxy groups -OCH3 is 2. The maximum absolute atomic E-state index is 6.42. The molecule has 21 heavy (non-hydrogen) atoms. The summed E-state index contributed by atoms with van der Waals surface area (Å²) < 4.78 is 11.4. The predicted molar refractivity (Wildman–Crippen MR) is 89.4 cm³/mol. The first-order valence-corrected chi connectivity index (χ1v) is 8.08. The van der Waals surface area contributed by atoms with E-state index in [1.54, 1.807) is 20.3 Å². The zero-order valence-corrected chi connectivity index (χ0v) is 14.4. The van der Waals surface area contributed by atoms with Gasteiger partial charge < -0.3 is 14.8 Å². The largest absolute Gasteiger partial charge is 0.493 e. The maximum atomic E-state index is 6.42. The molecule has 1 aromatic heterocycles. The van der Waals surface area contributed by atoms with Crippen molar-refractivity contribution in [1.82, 2.24) is 5.32 Å². The van der Waals surface area contributed by atoms with Gasteiger partial charge in [0.05, 0.1) is 24.6 Å². The van der Waals surface area contributed by atoms with Gasteiger partial charge in [0.25, 0.3) is 0 Å². The quantitative estimate of drug-likeness (QED) is 0.817. The molecule has 0 fully saturated rings. The van der Waals surface area contributed by atoms with E-state index in [0.29, 0.717) is 16.5 Å². The highest BCUT2D eigenvalue weighted by atomic mass is 35.5. The van der Waals surface area contributed by atoms with Crippen molar-refractivity contribution in [1.29, 1.82) is 0 Å². The summed E-state index contributed by atoms with van der Waals surface area (Å²) in [5.41, 5.74) is 0.940. The lowest BCUT2D eigenvalue weighted by atomic mass is 10.0. The fourth-order valence-corrected chi connectivity index (χ4v) is 3.56. The molecule has 2 rings (SSSR count). The van der Waals surface area contributed by atoms with Gasteiger partial charge in [0.1, 0.15) is 0 Å². The van der Waals surface area contributed by atoms with Crippen LogP contribution in [0.25, 0.3) is 0 Å². The Kier molecular flexibility index (Phi) is 5.76. The molecule has 0 saturated heterocycles. The normalized spacial score (nSPS) is 12.2.